The fourth-order valence-electron chi connectivity index (χ4n) is 2.16. The monoisotopic (exact) mass is 346 g/mol. The van der Waals surface area contributed by atoms with Crippen LogP contribution >= 0.6 is 11.3 Å². The Morgan fingerprint density at radius 3 is 3.00 bits per heavy atom. The summed E-state index contributed by atoms with van der Waals surface area (Å²) in [6.07, 6.45) is 2.49. The highest BCUT2D eigenvalue weighted by atomic mass is 32.1. The molecule has 0 aliphatic rings. The summed E-state index contributed by atoms with van der Waals surface area (Å²) in [5.74, 6) is -0.473. The molecule has 0 bridgehead atoms. The predicted molar refractivity (Wildman–Crippen MR) is 89.8 cm³/mol. The van der Waals surface area contributed by atoms with Crippen molar-refractivity contribution < 1.29 is 14.3 Å². The van der Waals surface area contributed by atoms with Crippen molar-refractivity contribution in [1.82, 2.24) is 15.1 Å². The topological polar surface area (TPSA) is 79.2 Å². The summed E-state index contributed by atoms with van der Waals surface area (Å²) < 4.78 is 15.0. The summed E-state index contributed by atoms with van der Waals surface area (Å²) in [7, 11) is 0. The molecule has 0 aliphatic carbocycles. The maximum atomic E-state index is 13.5. The zero-order valence-corrected chi connectivity index (χ0v) is 13.3. The van der Waals surface area contributed by atoms with Gasteiger partial charge >= 0.3 is 6.03 Å². The lowest BCUT2D eigenvalue weighted by molar-refractivity contribution is 0.175. The Morgan fingerprint density at radius 1 is 1.42 bits per heavy atom. The summed E-state index contributed by atoms with van der Waals surface area (Å²) in [6.45, 7) is 0.0506. The number of rotatable bonds is 5. The highest BCUT2D eigenvalue weighted by Gasteiger charge is 2.12. The predicted octanol–water partition coefficient (Wildman–Crippen LogP) is 2.93. The third-order valence-electron chi connectivity index (χ3n) is 3.34. The average Bonchev–Trinajstić information content (AvgIpc) is 3.26. The lowest BCUT2D eigenvalue weighted by Crippen LogP contribution is -2.32. The zero-order valence-electron chi connectivity index (χ0n) is 12.5. The van der Waals surface area contributed by atoms with Crippen molar-refractivity contribution in [2.24, 2.45) is 0 Å². The summed E-state index contributed by atoms with van der Waals surface area (Å²) in [5, 5.41) is 22.8. The number of hydrogen-bond donors (Lipinski definition) is 3. The third kappa shape index (κ3) is 3.79. The number of carbonyl (C=O) groups is 1. The second kappa shape index (κ2) is 7.24. The summed E-state index contributed by atoms with van der Waals surface area (Å²) in [5.41, 5.74) is 1.56. The lowest BCUT2D eigenvalue weighted by Gasteiger charge is -2.14. The van der Waals surface area contributed by atoms with Crippen LogP contribution in [0.2, 0.25) is 0 Å². The van der Waals surface area contributed by atoms with Gasteiger partial charge in [0.2, 0.25) is 0 Å². The van der Waals surface area contributed by atoms with Gasteiger partial charge in [-0.15, -0.1) is 0 Å². The largest absolute Gasteiger partial charge is 0.387 e. The number of hydrogen-bond acceptors (Lipinski definition) is 4. The smallest absolute Gasteiger partial charge is 0.319 e. The molecule has 6 nitrogen and oxygen atoms in total. The number of carbonyl (C=O) groups excluding carboxylic acids is 1. The lowest BCUT2D eigenvalue weighted by atomic mass is 10.2. The standard InChI is InChI=1S/C16H15FN4O2S/c17-12-2-3-14(21-6-1-5-19-21)13(8-12)20-16(23)18-9-15(22)11-4-7-24-10-11/h1-8,10,15,22H,9H2,(H2,18,20,23). The minimum Gasteiger partial charge on any atom is -0.387 e. The van der Waals surface area contributed by atoms with Crippen molar-refractivity contribution in [1.29, 1.82) is 0 Å². The normalized spacial score (nSPS) is 11.9. The van der Waals surface area contributed by atoms with Crippen LogP contribution in [0.3, 0.4) is 0 Å². The van der Waals surface area contributed by atoms with Crippen LogP contribution in [0.15, 0.2) is 53.5 Å². The molecule has 3 aromatic rings. The Bertz CT molecular complexity index is 806. The van der Waals surface area contributed by atoms with E-state index in [1.165, 1.54) is 34.2 Å². The van der Waals surface area contributed by atoms with E-state index in [1.807, 2.05) is 10.8 Å². The SMILES string of the molecule is O=C(NCC(O)c1ccsc1)Nc1cc(F)ccc1-n1cccn1. The molecule has 0 saturated carbocycles. The summed E-state index contributed by atoms with van der Waals surface area (Å²) in [6, 6.07) is 7.01. The van der Waals surface area contributed by atoms with E-state index in [0.717, 1.165) is 5.56 Å². The molecule has 1 aromatic carbocycles. The van der Waals surface area contributed by atoms with E-state index in [0.29, 0.717) is 5.69 Å². The summed E-state index contributed by atoms with van der Waals surface area (Å²) >= 11 is 1.47. The van der Waals surface area contributed by atoms with Crippen molar-refractivity contribution in [3.05, 3.63) is 64.9 Å². The number of benzene rings is 1. The number of aliphatic hydroxyl groups excluding tert-OH is 1. The first-order chi connectivity index (χ1) is 11.6. The molecule has 124 valence electrons. The molecule has 2 aromatic heterocycles. The van der Waals surface area contributed by atoms with Gasteiger partial charge in [0.05, 0.1) is 17.5 Å². The Balaban J connectivity index is 1.67. The van der Waals surface area contributed by atoms with E-state index in [-0.39, 0.29) is 12.2 Å². The molecule has 3 rings (SSSR count). The molecule has 0 fully saturated rings. The van der Waals surface area contributed by atoms with Gasteiger partial charge in [-0.1, -0.05) is 0 Å². The van der Waals surface area contributed by atoms with Crippen LogP contribution in [0, 0.1) is 5.82 Å². The molecule has 1 atom stereocenters. The van der Waals surface area contributed by atoms with Crippen LogP contribution in [-0.4, -0.2) is 27.5 Å². The van der Waals surface area contributed by atoms with Crippen LogP contribution in [0.4, 0.5) is 14.9 Å². The number of aliphatic hydroxyl groups is 1. The summed E-state index contributed by atoms with van der Waals surface area (Å²) in [4.78, 5) is 12.0. The molecule has 24 heavy (non-hydrogen) atoms. The maximum Gasteiger partial charge on any atom is 0.319 e. The molecule has 0 saturated heterocycles. The van der Waals surface area contributed by atoms with Gasteiger partial charge in [0, 0.05) is 18.9 Å². The Kier molecular flexibility index (Phi) is 4.88. The molecule has 3 N–H and O–H groups in total. The number of nitrogens with one attached hydrogen (secondary N) is 2. The van der Waals surface area contributed by atoms with Crippen molar-refractivity contribution in [3.63, 3.8) is 0 Å². The van der Waals surface area contributed by atoms with E-state index in [9.17, 15) is 14.3 Å². The molecular formula is C16H15FN4O2S. The van der Waals surface area contributed by atoms with Crippen LogP contribution in [-0.2, 0) is 0 Å². The second-order valence-corrected chi connectivity index (χ2v) is 5.80. The number of halogens is 1. The maximum absolute atomic E-state index is 13.5. The van der Waals surface area contributed by atoms with Gasteiger partial charge in [0.1, 0.15) is 5.82 Å². The van der Waals surface area contributed by atoms with Gasteiger partial charge in [-0.2, -0.15) is 16.4 Å². The number of urea groups is 1. The van der Waals surface area contributed by atoms with Crippen molar-refractivity contribution in [2.45, 2.75) is 6.10 Å². The van der Waals surface area contributed by atoms with E-state index < -0.39 is 18.0 Å². The second-order valence-electron chi connectivity index (χ2n) is 5.02. The van der Waals surface area contributed by atoms with Crippen molar-refractivity contribution in [3.8, 4) is 5.69 Å². The number of nitrogens with zero attached hydrogens (tertiary/aromatic N) is 2. The van der Waals surface area contributed by atoms with Gasteiger partial charge in [-0.25, -0.2) is 13.9 Å². The number of thiophene rings is 1. The molecular weight excluding hydrogens is 331 g/mol. The van der Waals surface area contributed by atoms with Crippen LogP contribution in [0.25, 0.3) is 5.69 Å². The first-order valence-electron chi connectivity index (χ1n) is 7.18. The van der Waals surface area contributed by atoms with Crippen molar-refractivity contribution >= 4 is 23.1 Å². The minimum atomic E-state index is -0.792. The first kappa shape index (κ1) is 16.2. The highest BCUT2D eigenvalue weighted by Crippen LogP contribution is 2.21. The Labute approximate surface area is 141 Å². The quantitative estimate of drug-likeness (QED) is 0.665. The highest BCUT2D eigenvalue weighted by molar-refractivity contribution is 7.07. The molecule has 2 heterocycles. The van der Waals surface area contributed by atoms with Crippen LogP contribution in [0.1, 0.15) is 11.7 Å². The Morgan fingerprint density at radius 2 is 2.29 bits per heavy atom. The zero-order chi connectivity index (χ0) is 16.9. The Hall–Kier alpha value is -2.71. The van der Waals surface area contributed by atoms with Gasteiger partial charge in [-0.05, 0) is 46.7 Å². The van der Waals surface area contributed by atoms with E-state index >= 15 is 0 Å². The van der Waals surface area contributed by atoms with Gasteiger partial charge < -0.3 is 15.7 Å². The fraction of sp³-hybridized carbons (Fsp3) is 0.125. The third-order valence-corrected chi connectivity index (χ3v) is 4.04. The van der Waals surface area contributed by atoms with Gasteiger partial charge in [-0.3, -0.25) is 0 Å². The molecule has 0 radical (unpaired) electrons. The van der Waals surface area contributed by atoms with E-state index in [2.05, 4.69) is 15.7 Å². The molecule has 0 aliphatic heterocycles. The minimum absolute atomic E-state index is 0.0506. The number of anilines is 1. The van der Waals surface area contributed by atoms with E-state index in [4.69, 9.17) is 0 Å². The van der Waals surface area contributed by atoms with Gasteiger partial charge in [0.25, 0.3) is 0 Å². The van der Waals surface area contributed by atoms with Crippen molar-refractivity contribution in [2.75, 3.05) is 11.9 Å². The molecule has 1 unspecified atom stereocenters. The van der Waals surface area contributed by atoms with Gasteiger partial charge in [0.15, 0.2) is 0 Å². The average molecular weight is 346 g/mol. The fourth-order valence-corrected chi connectivity index (χ4v) is 2.86. The van der Waals surface area contributed by atoms with Crippen LogP contribution in [0.5, 0.6) is 0 Å². The van der Waals surface area contributed by atoms with Crippen LogP contribution < -0.4 is 10.6 Å². The van der Waals surface area contributed by atoms with E-state index in [1.54, 1.807) is 24.5 Å². The molecule has 8 heteroatoms. The number of aromatic nitrogens is 2. The first-order valence-corrected chi connectivity index (χ1v) is 8.12. The number of amides is 2. The molecule has 2 amide bonds. The molecule has 0 spiro atoms.